The second kappa shape index (κ2) is 8.21. The molecule has 0 saturated carbocycles. The number of esters is 1. The van der Waals surface area contributed by atoms with Crippen LogP contribution >= 0.6 is 0 Å². The van der Waals surface area contributed by atoms with E-state index in [0.29, 0.717) is 6.42 Å². The second-order valence-electron chi connectivity index (χ2n) is 6.99. The molecule has 0 unspecified atom stereocenters. The van der Waals surface area contributed by atoms with E-state index in [1.54, 1.807) is 39.0 Å². The van der Waals surface area contributed by atoms with Crippen LogP contribution in [0.4, 0.5) is 9.18 Å². The van der Waals surface area contributed by atoms with E-state index in [1.165, 1.54) is 30.2 Å². The molecule has 0 aromatic heterocycles. The molecule has 7 heteroatoms. The van der Waals surface area contributed by atoms with Crippen molar-refractivity contribution in [2.45, 2.75) is 44.9 Å². The fraction of sp³-hybridized carbons (Fsp3) is 0.474. The van der Waals surface area contributed by atoms with Crippen LogP contribution in [-0.4, -0.2) is 48.4 Å². The average molecular weight is 365 g/mol. The van der Waals surface area contributed by atoms with Crippen molar-refractivity contribution < 1.29 is 28.2 Å². The van der Waals surface area contributed by atoms with Crippen molar-refractivity contribution >= 4 is 12.1 Å². The highest BCUT2D eigenvalue weighted by molar-refractivity contribution is 5.82. The van der Waals surface area contributed by atoms with Crippen LogP contribution in [0.15, 0.2) is 36.4 Å². The minimum absolute atomic E-state index is 0.124. The van der Waals surface area contributed by atoms with E-state index in [-0.39, 0.29) is 12.3 Å². The number of carbonyl (C=O) groups is 2. The van der Waals surface area contributed by atoms with Gasteiger partial charge in [0.15, 0.2) is 11.6 Å². The van der Waals surface area contributed by atoms with Gasteiger partial charge in [-0.2, -0.15) is 0 Å². The zero-order chi connectivity index (χ0) is 19.3. The maximum Gasteiger partial charge on any atom is 0.410 e. The van der Waals surface area contributed by atoms with Crippen molar-refractivity contribution in [2.24, 2.45) is 0 Å². The molecular weight excluding hydrogens is 341 g/mol. The molecule has 2 rings (SSSR count). The number of benzene rings is 1. The van der Waals surface area contributed by atoms with Gasteiger partial charge < -0.3 is 14.2 Å². The predicted octanol–water partition coefficient (Wildman–Crippen LogP) is 3.31. The number of methoxy groups -OCH3 is 1. The number of hydrogen-bond donors (Lipinski definition) is 0. The summed E-state index contributed by atoms with van der Waals surface area (Å²) in [7, 11) is 1.27. The zero-order valence-electron chi connectivity index (χ0n) is 15.4. The zero-order valence-corrected chi connectivity index (χ0v) is 15.4. The van der Waals surface area contributed by atoms with Gasteiger partial charge in [0.25, 0.3) is 0 Å². The van der Waals surface area contributed by atoms with Gasteiger partial charge >= 0.3 is 12.1 Å². The summed E-state index contributed by atoms with van der Waals surface area (Å²) in [4.78, 5) is 25.3. The fourth-order valence-electron chi connectivity index (χ4n) is 2.60. The maximum atomic E-state index is 13.8. The van der Waals surface area contributed by atoms with Gasteiger partial charge in [0.05, 0.1) is 19.7 Å². The highest BCUT2D eigenvalue weighted by Crippen LogP contribution is 2.27. The monoisotopic (exact) mass is 365 g/mol. The molecule has 2 atom stereocenters. The lowest BCUT2D eigenvalue weighted by Gasteiger charge is -2.27. The molecule has 0 spiro atoms. The fourth-order valence-corrected chi connectivity index (χ4v) is 2.60. The lowest BCUT2D eigenvalue weighted by molar-refractivity contribution is -0.134. The molecule has 26 heavy (non-hydrogen) atoms. The number of carbonyl (C=O) groups excluding carboxylic acids is 2. The van der Waals surface area contributed by atoms with Crippen molar-refractivity contribution in [3.8, 4) is 5.75 Å². The van der Waals surface area contributed by atoms with E-state index >= 15 is 0 Å². The Morgan fingerprint density at radius 2 is 1.96 bits per heavy atom. The summed E-state index contributed by atoms with van der Waals surface area (Å²) in [5, 5.41) is 0. The van der Waals surface area contributed by atoms with Crippen LogP contribution in [0, 0.1) is 5.82 Å². The number of rotatable bonds is 4. The smallest absolute Gasteiger partial charge is 0.410 e. The van der Waals surface area contributed by atoms with Crippen LogP contribution in [0.1, 0.15) is 27.2 Å². The SMILES string of the molecule is COC(=O)/C=C/[C@@H]1C[C@@H](Oc2ccccc2F)CN1C(=O)OC(C)(C)C. The minimum atomic E-state index is -0.655. The van der Waals surface area contributed by atoms with Crippen molar-refractivity contribution in [3.63, 3.8) is 0 Å². The summed E-state index contributed by atoms with van der Waals surface area (Å²) in [6.07, 6.45) is 2.29. The molecule has 0 radical (unpaired) electrons. The number of para-hydroxylation sites is 1. The normalized spacial score (nSPS) is 20.3. The predicted molar refractivity (Wildman–Crippen MR) is 93.3 cm³/mol. The first kappa shape index (κ1) is 19.8. The Hall–Kier alpha value is -2.57. The molecular formula is C19H24FNO5. The third-order valence-electron chi connectivity index (χ3n) is 3.72. The summed E-state index contributed by atoms with van der Waals surface area (Å²) >= 11 is 0. The molecule has 1 amide bonds. The van der Waals surface area contributed by atoms with Crippen LogP contribution in [-0.2, 0) is 14.3 Å². The summed E-state index contributed by atoms with van der Waals surface area (Å²) in [6, 6.07) is 5.68. The summed E-state index contributed by atoms with van der Waals surface area (Å²) < 4.78 is 29.5. The first-order chi connectivity index (χ1) is 12.2. The van der Waals surface area contributed by atoms with E-state index in [0.717, 1.165) is 0 Å². The average Bonchev–Trinajstić information content (AvgIpc) is 2.96. The summed E-state index contributed by atoms with van der Waals surface area (Å²) in [5.74, 6) is -0.864. The van der Waals surface area contributed by atoms with Crippen molar-refractivity contribution in [2.75, 3.05) is 13.7 Å². The van der Waals surface area contributed by atoms with E-state index in [4.69, 9.17) is 9.47 Å². The molecule has 6 nitrogen and oxygen atoms in total. The van der Waals surface area contributed by atoms with Crippen LogP contribution in [0.5, 0.6) is 5.75 Å². The lowest BCUT2D eigenvalue weighted by Crippen LogP contribution is -2.39. The Labute approximate surface area is 152 Å². The van der Waals surface area contributed by atoms with E-state index in [1.807, 2.05) is 0 Å². The number of ether oxygens (including phenoxy) is 3. The van der Waals surface area contributed by atoms with Gasteiger partial charge in [-0.15, -0.1) is 0 Å². The third-order valence-corrected chi connectivity index (χ3v) is 3.72. The Morgan fingerprint density at radius 3 is 2.58 bits per heavy atom. The van der Waals surface area contributed by atoms with Gasteiger partial charge in [0.2, 0.25) is 0 Å². The van der Waals surface area contributed by atoms with Gasteiger partial charge in [-0.1, -0.05) is 18.2 Å². The molecule has 142 valence electrons. The Morgan fingerprint density at radius 1 is 1.27 bits per heavy atom. The first-order valence-electron chi connectivity index (χ1n) is 8.36. The minimum Gasteiger partial charge on any atom is -0.485 e. The Bertz CT molecular complexity index is 683. The maximum absolute atomic E-state index is 13.8. The topological polar surface area (TPSA) is 65.1 Å². The van der Waals surface area contributed by atoms with Gasteiger partial charge in [-0.3, -0.25) is 4.90 Å². The van der Waals surface area contributed by atoms with Gasteiger partial charge in [-0.25, -0.2) is 14.0 Å². The van der Waals surface area contributed by atoms with Crippen molar-refractivity contribution in [1.82, 2.24) is 4.90 Å². The number of nitrogens with zero attached hydrogens (tertiary/aromatic N) is 1. The third kappa shape index (κ3) is 5.47. The molecule has 1 aliphatic heterocycles. The highest BCUT2D eigenvalue weighted by atomic mass is 19.1. The molecule has 1 heterocycles. The lowest BCUT2D eigenvalue weighted by atomic mass is 10.2. The van der Waals surface area contributed by atoms with Gasteiger partial charge in [0.1, 0.15) is 11.7 Å². The number of likely N-dealkylation sites (tertiary alicyclic amines) is 1. The van der Waals surface area contributed by atoms with Crippen LogP contribution < -0.4 is 4.74 Å². The highest BCUT2D eigenvalue weighted by Gasteiger charge is 2.37. The molecule has 1 aliphatic rings. The van der Waals surface area contributed by atoms with Gasteiger partial charge in [0, 0.05) is 12.5 Å². The largest absolute Gasteiger partial charge is 0.485 e. The Balaban J connectivity index is 2.14. The van der Waals surface area contributed by atoms with E-state index in [9.17, 15) is 14.0 Å². The Kier molecular flexibility index (Phi) is 6.23. The second-order valence-corrected chi connectivity index (χ2v) is 6.99. The van der Waals surface area contributed by atoms with Gasteiger partial charge in [-0.05, 0) is 32.9 Å². The number of halogens is 1. The van der Waals surface area contributed by atoms with Crippen molar-refractivity contribution in [3.05, 3.63) is 42.2 Å². The molecule has 1 aromatic carbocycles. The number of amides is 1. The van der Waals surface area contributed by atoms with E-state index < -0.39 is 35.6 Å². The molecule has 1 fully saturated rings. The molecule has 1 aromatic rings. The summed E-state index contributed by atoms with van der Waals surface area (Å²) in [5.41, 5.74) is -0.655. The van der Waals surface area contributed by atoms with Crippen LogP contribution in [0.2, 0.25) is 0 Å². The van der Waals surface area contributed by atoms with E-state index in [2.05, 4.69) is 4.74 Å². The summed E-state index contributed by atoms with van der Waals surface area (Å²) in [6.45, 7) is 5.54. The molecule has 0 bridgehead atoms. The quantitative estimate of drug-likeness (QED) is 0.605. The molecule has 0 aliphatic carbocycles. The molecule has 1 saturated heterocycles. The first-order valence-corrected chi connectivity index (χ1v) is 8.36. The molecule has 0 N–H and O–H groups in total. The van der Waals surface area contributed by atoms with Crippen molar-refractivity contribution in [1.29, 1.82) is 0 Å². The standard InChI is InChI=1S/C19H24FNO5/c1-19(2,3)26-18(23)21-12-14(11-13(21)9-10-17(22)24-4)25-16-8-6-5-7-15(16)20/h5-10,13-14H,11-12H2,1-4H3/b10-9+/t13-,14-/m1/s1. The van der Waals surface area contributed by atoms with Crippen LogP contribution in [0.3, 0.4) is 0 Å². The number of hydrogen-bond acceptors (Lipinski definition) is 5. The van der Waals surface area contributed by atoms with Crippen LogP contribution in [0.25, 0.3) is 0 Å².